The summed E-state index contributed by atoms with van der Waals surface area (Å²) in [7, 11) is 0. The average molecular weight is 225 g/mol. The molecule has 4 heteroatoms. The molecule has 15 heavy (non-hydrogen) atoms. The molecular formula is C11H13ClN2O. The van der Waals surface area contributed by atoms with Gasteiger partial charge in [0.05, 0.1) is 10.7 Å². The molecule has 0 atom stereocenters. The summed E-state index contributed by atoms with van der Waals surface area (Å²) in [4.78, 5) is 13.5. The van der Waals surface area contributed by atoms with Crippen LogP contribution >= 0.6 is 11.6 Å². The Morgan fingerprint density at radius 2 is 2.07 bits per heavy atom. The van der Waals surface area contributed by atoms with Crippen LogP contribution in [0.4, 0.5) is 5.69 Å². The van der Waals surface area contributed by atoms with Crippen LogP contribution in [0.15, 0.2) is 24.3 Å². The normalized spacial score (nSPS) is 17.7. The van der Waals surface area contributed by atoms with Crippen molar-refractivity contribution in [2.45, 2.75) is 6.42 Å². The number of para-hydroxylation sites is 1. The number of carbonyl (C=O) groups is 1. The minimum absolute atomic E-state index is 0.133. The maximum Gasteiger partial charge on any atom is 0.228 e. The van der Waals surface area contributed by atoms with Gasteiger partial charge in [0, 0.05) is 26.1 Å². The van der Waals surface area contributed by atoms with Crippen LogP contribution in [0.1, 0.15) is 6.42 Å². The molecule has 0 aromatic heterocycles. The van der Waals surface area contributed by atoms with Gasteiger partial charge in [0.2, 0.25) is 5.91 Å². The highest BCUT2D eigenvalue weighted by molar-refractivity contribution is 6.33. The summed E-state index contributed by atoms with van der Waals surface area (Å²) in [5, 5.41) is 3.82. The van der Waals surface area contributed by atoms with Crippen LogP contribution in [0.3, 0.4) is 0 Å². The predicted molar refractivity (Wildman–Crippen MR) is 61.3 cm³/mol. The van der Waals surface area contributed by atoms with E-state index >= 15 is 0 Å². The molecule has 0 saturated carbocycles. The summed E-state index contributed by atoms with van der Waals surface area (Å²) in [5.74, 6) is 0.133. The predicted octanol–water partition coefficient (Wildman–Crippen LogP) is 1.67. The number of anilines is 1. The van der Waals surface area contributed by atoms with Crippen molar-refractivity contribution in [3.05, 3.63) is 29.3 Å². The maximum atomic E-state index is 11.8. The van der Waals surface area contributed by atoms with E-state index in [1.807, 2.05) is 24.3 Å². The van der Waals surface area contributed by atoms with Crippen LogP contribution in [0.5, 0.6) is 0 Å². The first-order valence-corrected chi connectivity index (χ1v) is 5.42. The molecule has 1 heterocycles. The van der Waals surface area contributed by atoms with Gasteiger partial charge in [-0.15, -0.1) is 0 Å². The average Bonchev–Trinajstić information content (AvgIpc) is 2.44. The van der Waals surface area contributed by atoms with Gasteiger partial charge in [0.1, 0.15) is 0 Å². The van der Waals surface area contributed by atoms with E-state index in [1.54, 1.807) is 4.90 Å². The molecule has 80 valence electrons. The highest BCUT2D eigenvalue weighted by Crippen LogP contribution is 2.25. The number of carbonyl (C=O) groups excluding carboxylic acids is 1. The standard InChI is InChI=1S/C11H13ClN2O/c12-9-3-1-2-4-10(9)14-8-7-13-6-5-11(14)15/h1-4,13H,5-8H2. The summed E-state index contributed by atoms with van der Waals surface area (Å²) in [6.07, 6.45) is 0.533. The zero-order valence-electron chi connectivity index (χ0n) is 8.37. The van der Waals surface area contributed by atoms with Crippen molar-refractivity contribution in [3.63, 3.8) is 0 Å². The van der Waals surface area contributed by atoms with Crippen LogP contribution in [-0.2, 0) is 4.79 Å². The quantitative estimate of drug-likeness (QED) is 0.787. The third-order valence-corrected chi connectivity index (χ3v) is 2.79. The number of amides is 1. The summed E-state index contributed by atoms with van der Waals surface area (Å²) in [5.41, 5.74) is 0.813. The first-order valence-electron chi connectivity index (χ1n) is 5.04. The topological polar surface area (TPSA) is 32.3 Å². The van der Waals surface area contributed by atoms with Gasteiger partial charge in [-0.1, -0.05) is 23.7 Å². The van der Waals surface area contributed by atoms with Crippen molar-refractivity contribution < 1.29 is 4.79 Å². The van der Waals surface area contributed by atoms with E-state index in [2.05, 4.69) is 5.32 Å². The molecule has 1 amide bonds. The van der Waals surface area contributed by atoms with E-state index in [1.165, 1.54) is 0 Å². The fraction of sp³-hybridized carbons (Fsp3) is 0.364. The van der Waals surface area contributed by atoms with Crippen LogP contribution in [0, 0.1) is 0 Å². The minimum Gasteiger partial charge on any atom is -0.314 e. The highest BCUT2D eigenvalue weighted by Gasteiger charge is 2.19. The molecule has 0 spiro atoms. The fourth-order valence-corrected chi connectivity index (χ4v) is 1.93. The Balaban J connectivity index is 2.28. The van der Waals surface area contributed by atoms with Crippen LogP contribution < -0.4 is 10.2 Å². The first-order chi connectivity index (χ1) is 7.29. The van der Waals surface area contributed by atoms with Crippen molar-refractivity contribution in [2.24, 2.45) is 0 Å². The molecular weight excluding hydrogens is 212 g/mol. The van der Waals surface area contributed by atoms with Gasteiger partial charge in [-0.05, 0) is 12.1 Å². The zero-order chi connectivity index (χ0) is 10.7. The minimum atomic E-state index is 0.133. The lowest BCUT2D eigenvalue weighted by atomic mass is 10.2. The lowest BCUT2D eigenvalue weighted by Gasteiger charge is -2.21. The molecule has 1 saturated heterocycles. The van der Waals surface area contributed by atoms with E-state index in [4.69, 9.17) is 11.6 Å². The van der Waals surface area contributed by atoms with Gasteiger partial charge in [-0.25, -0.2) is 0 Å². The van der Waals surface area contributed by atoms with E-state index in [9.17, 15) is 4.79 Å². The van der Waals surface area contributed by atoms with Crippen LogP contribution in [-0.4, -0.2) is 25.5 Å². The third-order valence-electron chi connectivity index (χ3n) is 2.47. The number of hydrogen-bond donors (Lipinski definition) is 1. The van der Waals surface area contributed by atoms with Crippen LogP contribution in [0.2, 0.25) is 5.02 Å². The van der Waals surface area contributed by atoms with Crippen molar-refractivity contribution in [1.29, 1.82) is 0 Å². The largest absolute Gasteiger partial charge is 0.314 e. The van der Waals surface area contributed by atoms with Gasteiger partial charge < -0.3 is 10.2 Å². The molecule has 1 aromatic carbocycles. The van der Waals surface area contributed by atoms with Crippen molar-refractivity contribution in [2.75, 3.05) is 24.5 Å². The Morgan fingerprint density at radius 3 is 2.87 bits per heavy atom. The summed E-state index contributed by atoms with van der Waals surface area (Å²) in [6.45, 7) is 2.25. The summed E-state index contributed by atoms with van der Waals surface area (Å²) >= 11 is 6.06. The number of nitrogens with zero attached hydrogens (tertiary/aromatic N) is 1. The van der Waals surface area contributed by atoms with E-state index in [0.717, 1.165) is 18.8 Å². The van der Waals surface area contributed by atoms with Gasteiger partial charge >= 0.3 is 0 Å². The van der Waals surface area contributed by atoms with Crippen molar-refractivity contribution in [1.82, 2.24) is 5.32 Å². The molecule has 1 aliphatic rings. The Hall–Kier alpha value is -1.06. The SMILES string of the molecule is O=C1CCNCCN1c1ccccc1Cl. The van der Waals surface area contributed by atoms with Gasteiger partial charge in [-0.2, -0.15) is 0 Å². The Morgan fingerprint density at radius 1 is 1.27 bits per heavy atom. The lowest BCUT2D eigenvalue weighted by molar-refractivity contribution is -0.118. The highest BCUT2D eigenvalue weighted by atomic mass is 35.5. The second-order valence-corrected chi connectivity index (χ2v) is 3.90. The Kier molecular flexibility index (Phi) is 3.23. The zero-order valence-corrected chi connectivity index (χ0v) is 9.13. The number of nitrogens with one attached hydrogen (secondary N) is 1. The maximum absolute atomic E-state index is 11.8. The molecule has 2 rings (SSSR count). The monoisotopic (exact) mass is 224 g/mol. The molecule has 1 N–H and O–H groups in total. The molecule has 0 radical (unpaired) electrons. The molecule has 0 unspecified atom stereocenters. The molecule has 1 aliphatic heterocycles. The van der Waals surface area contributed by atoms with Crippen molar-refractivity contribution >= 4 is 23.2 Å². The Labute approximate surface area is 94.0 Å². The molecule has 3 nitrogen and oxygen atoms in total. The molecule has 0 aliphatic carbocycles. The second kappa shape index (κ2) is 4.64. The molecule has 1 aromatic rings. The van der Waals surface area contributed by atoms with Crippen LogP contribution in [0.25, 0.3) is 0 Å². The third kappa shape index (κ3) is 2.30. The second-order valence-electron chi connectivity index (χ2n) is 3.50. The summed E-state index contributed by atoms with van der Waals surface area (Å²) in [6, 6.07) is 7.45. The number of benzene rings is 1. The molecule has 0 bridgehead atoms. The smallest absolute Gasteiger partial charge is 0.228 e. The first kappa shape index (κ1) is 10.5. The van der Waals surface area contributed by atoms with Gasteiger partial charge in [-0.3, -0.25) is 4.79 Å². The number of hydrogen-bond acceptors (Lipinski definition) is 2. The van der Waals surface area contributed by atoms with E-state index in [0.29, 0.717) is 18.0 Å². The van der Waals surface area contributed by atoms with Gasteiger partial charge in [0.15, 0.2) is 0 Å². The Bertz CT molecular complexity index is 367. The van der Waals surface area contributed by atoms with Crippen molar-refractivity contribution in [3.8, 4) is 0 Å². The summed E-state index contributed by atoms with van der Waals surface area (Å²) < 4.78 is 0. The van der Waals surface area contributed by atoms with Gasteiger partial charge in [0.25, 0.3) is 0 Å². The van der Waals surface area contributed by atoms with E-state index < -0.39 is 0 Å². The lowest BCUT2D eigenvalue weighted by Crippen LogP contribution is -2.32. The number of rotatable bonds is 1. The van der Waals surface area contributed by atoms with E-state index in [-0.39, 0.29) is 5.91 Å². The number of halogens is 1. The molecule has 1 fully saturated rings. The fourth-order valence-electron chi connectivity index (χ4n) is 1.70.